The lowest BCUT2D eigenvalue weighted by Crippen LogP contribution is -2.28. The monoisotopic (exact) mass is 486 g/mol. The first kappa shape index (κ1) is 26.8. The largest absolute Gasteiger partial charge is 0.377 e. The molecule has 0 aromatic heterocycles. The summed E-state index contributed by atoms with van der Waals surface area (Å²) in [5.41, 5.74) is 6.06. The molecule has 3 aromatic rings. The minimum atomic E-state index is -0.335. The van der Waals surface area contributed by atoms with Crippen molar-refractivity contribution >= 4 is 29.0 Å². The van der Waals surface area contributed by atoms with Gasteiger partial charge in [0.05, 0.1) is 5.56 Å². The summed E-state index contributed by atoms with van der Waals surface area (Å²) >= 11 is 0. The highest BCUT2D eigenvalue weighted by Crippen LogP contribution is 2.32. The molecule has 6 heteroatoms. The summed E-state index contributed by atoms with van der Waals surface area (Å²) in [6.07, 6.45) is 0.748. The minimum Gasteiger partial charge on any atom is -0.377 e. The van der Waals surface area contributed by atoms with E-state index >= 15 is 0 Å². The molecule has 3 amide bonds. The highest BCUT2D eigenvalue weighted by molar-refractivity contribution is 6.04. The number of para-hydroxylation sites is 1. The van der Waals surface area contributed by atoms with Gasteiger partial charge in [0.25, 0.3) is 5.91 Å². The van der Waals surface area contributed by atoms with Crippen LogP contribution in [0.5, 0.6) is 0 Å². The fourth-order valence-corrected chi connectivity index (χ4v) is 4.22. The van der Waals surface area contributed by atoms with Crippen molar-refractivity contribution in [1.82, 2.24) is 5.32 Å². The van der Waals surface area contributed by atoms with Crippen molar-refractivity contribution in [1.29, 1.82) is 0 Å². The van der Waals surface area contributed by atoms with Gasteiger partial charge in [-0.1, -0.05) is 76.2 Å². The topological polar surface area (TPSA) is 73.5 Å². The number of hydrogen-bond donors (Lipinski definition) is 3. The number of rotatable bonds is 9. The maximum Gasteiger partial charge on any atom is 0.323 e. The molecule has 0 saturated heterocycles. The number of carbonyl (C=O) groups is 2. The molecule has 0 aliphatic rings. The summed E-state index contributed by atoms with van der Waals surface area (Å²) in [6.45, 7) is 8.99. The summed E-state index contributed by atoms with van der Waals surface area (Å²) in [7, 11) is 3.79. The Kier molecular flexibility index (Phi) is 9.12. The number of amides is 3. The lowest BCUT2D eigenvalue weighted by Gasteiger charge is -2.21. The first-order valence-electron chi connectivity index (χ1n) is 12.5. The SMILES string of the molecule is CC(C)c1cccc(C(C)C)c1NC(=O)Nc1ccc(N(C)C)c(C(=O)NCCc2ccccc2)c1. The lowest BCUT2D eigenvalue weighted by atomic mass is 9.93. The van der Waals surface area contributed by atoms with Crippen LogP contribution < -0.4 is 20.9 Å². The molecule has 6 nitrogen and oxygen atoms in total. The Hall–Kier alpha value is -3.80. The van der Waals surface area contributed by atoms with Crippen LogP contribution in [0.4, 0.5) is 21.9 Å². The van der Waals surface area contributed by atoms with E-state index in [9.17, 15) is 9.59 Å². The second-order valence-corrected chi connectivity index (χ2v) is 9.82. The summed E-state index contributed by atoms with van der Waals surface area (Å²) in [4.78, 5) is 28.0. The zero-order chi connectivity index (χ0) is 26.2. The Balaban J connectivity index is 1.76. The van der Waals surface area contributed by atoms with Gasteiger partial charge in [-0.25, -0.2) is 4.79 Å². The van der Waals surface area contributed by atoms with E-state index in [0.717, 1.165) is 28.9 Å². The van der Waals surface area contributed by atoms with Crippen molar-refractivity contribution in [2.24, 2.45) is 0 Å². The van der Waals surface area contributed by atoms with Gasteiger partial charge in [0.2, 0.25) is 0 Å². The predicted molar refractivity (Wildman–Crippen MR) is 151 cm³/mol. The summed E-state index contributed by atoms with van der Waals surface area (Å²) in [6, 6.07) is 21.2. The third-order valence-corrected chi connectivity index (χ3v) is 6.13. The molecule has 0 spiro atoms. The van der Waals surface area contributed by atoms with Crippen LogP contribution in [0.25, 0.3) is 0 Å². The molecule has 3 aromatic carbocycles. The average Bonchev–Trinajstić information content (AvgIpc) is 2.84. The van der Waals surface area contributed by atoms with E-state index in [-0.39, 0.29) is 23.8 Å². The van der Waals surface area contributed by atoms with Crippen LogP contribution in [0.15, 0.2) is 66.7 Å². The Morgan fingerprint density at radius 1 is 0.806 bits per heavy atom. The number of carbonyl (C=O) groups excluding carboxylic acids is 2. The molecule has 0 aliphatic heterocycles. The Morgan fingerprint density at radius 2 is 1.44 bits per heavy atom. The number of benzene rings is 3. The van der Waals surface area contributed by atoms with Crippen LogP contribution in [0, 0.1) is 0 Å². The minimum absolute atomic E-state index is 0.175. The van der Waals surface area contributed by atoms with Gasteiger partial charge in [-0.15, -0.1) is 0 Å². The van der Waals surface area contributed by atoms with Crippen molar-refractivity contribution in [2.45, 2.75) is 46.0 Å². The highest BCUT2D eigenvalue weighted by atomic mass is 16.2. The average molecular weight is 487 g/mol. The normalized spacial score (nSPS) is 10.9. The quantitative estimate of drug-likeness (QED) is 0.318. The molecular weight excluding hydrogens is 448 g/mol. The molecule has 3 rings (SSSR count). The van der Waals surface area contributed by atoms with Gasteiger partial charge in [0, 0.05) is 37.7 Å². The first-order chi connectivity index (χ1) is 17.2. The van der Waals surface area contributed by atoms with E-state index in [1.54, 1.807) is 6.07 Å². The molecular formula is C30H38N4O2. The fourth-order valence-electron chi connectivity index (χ4n) is 4.22. The highest BCUT2D eigenvalue weighted by Gasteiger charge is 2.18. The van der Waals surface area contributed by atoms with E-state index in [4.69, 9.17) is 0 Å². The molecule has 0 radical (unpaired) electrons. The molecule has 0 unspecified atom stereocenters. The number of nitrogens with zero attached hydrogens (tertiary/aromatic N) is 1. The molecule has 0 aliphatic carbocycles. The number of hydrogen-bond acceptors (Lipinski definition) is 3. The first-order valence-corrected chi connectivity index (χ1v) is 12.5. The smallest absolute Gasteiger partial charge is 0.323 e. The van der Waals surface area contributed by atoms with Crippen LogP contribution in [-0.2, 0) is 6.42 Å². The van der Waals surface area contributed by atoms with Crippen molar-refractivity contribution < 1.29 is 9.59 Å². The second-order valence-electron chi connectivity index (χ2n) is 9.82. The summed E-state index contributed by atoms with van der Waals surface area (Å²) < 4.78 is 0. The summed E-state index contributed by atoms with van der Waals surface area (Å²) in [5.74, 6) is 0.361. The van der Waals surface area contributed by atoms with Crippen molar-refractivity contribution in [3.63, 3.8) is 0 Å². The van der Waals surface area contributed by atoms with Crippen molar-refractivity contribution in [2.75, 3.05) is 36.2 Å². The molecule has 0 bridgehead atoms. The second kappa shape index (κ2) is 12.2. The number of anilines is 3. The van der Waals surface area contributed by atoms with Gasteiger partial charge in [-0.3, -0.25) is 4.79 Å². The van der Waals surface area contributed by atoms with Crippen LogP contribution in [0.3, 0.4) is 0 Å². The number of urea groups is 1. The lowest BCUT2D eigenvalue weighted by molar-refractivity contribution is 0.0954. The van der Waals surface area contributed by atoms with Crippen molar-refractivity contribution in [3.8, 4) is 0 Å². The molecule has 36 heavy (non-hydrogen) atoms. The van der Waals surface area contributed by atoms with E-state index < -0.39 is 0 Å². The molecule has 3 N–H and O–H groups in total. The summed E-state index contributed by atoms with van der Waals surface area (Å²) in [5, 5.41) is 8.99. The Morgan fingerprint density at radius 3 is 2.03 bits per heavy atom. The fraction of sp³-hybridized carbons (Fsp3) is 0.333. The van der Waals surface area contributed by atoms with Crippen LogP contribution in [0.1, 0.15) is 66.6 Å². The van der Waals surface area contributed by atoms with Crippen LogP contribution in [0.2, 0.25) is 0 Å². The standard InChI is InChI=1S/C30H38N4O2/c1-20(2)24-13-10-14-25(21(3)4)28(24)33-30(36)32-23-15-16-27(34(5)6)26(19-23)29(35)31-18-17-22-11-8-7-9-12-22/h7-16,19-21H,17-18H2,1-6H3,(H,31,35)(H2,32,33,36). The Bertz CT molecular complexity index is 1160. The number of nitrogens with one attached hydrogen (secondary N) is 3. The van der Waals surface area contributed by atoms with Crippen molar-refractivity contribution in [3.05, 3.63) is 89.0 Å². The van der Waals surface area contributed by atoms with Gasteiger partial charge in [0.1, 0.15) is 0 Å². The van der Waals surface area contributed by atoms with Gasteiger partial charge >= 0.3 is 6.03 Å². The van der Waals surface area contributed by atoms with Gasteiger partial charge in [0.15, 0.2) is 0 Å². The molecule has 190 valence electrons. The molecule has 0 atom stereocenters. The third-order valence-electron chi connectivity index (χ3n) is 6.13. The van der Waals surface area contributed by atoms with E-state index in [1.807, 2.05) is 67.5 Å². The third kappa shape index (κ3) is 6.87. The zero-order valence-electron chi connectivity index (χ0n) is 22.2. The van der Waals surface area contributed by atoms with Crippen LogP contribution in [-0.4, -0.2) is 32.6 Å². The van der Waals surface area contributed by atoms with Gasteiger partial charge in [-0.05, 0) is 53.1 Å². The van der Waals surface area contributed by atoms with E-state index in [2.05, 4.69) is 55.8 Å². The maximum absolute atomic E-state index is 13.1. The molecule has 0 heterocycles. The predicted octanol–water partition coefficient (Wildman–Crippen LogP) is 6.62. The van der Waals surface area contributed by atoms with Gasteiger partial charge in [-0.2, -0.15) is 0 Å². The van der Waals surface area contributed by atoms with Gasteiger partial charge < -0.3 is 20.9 Å². The Labute approximate surface area is 215 Å². The van der Waals surface area contributed by atoms with E-state index in [0.29, 0.717) is 17.8 Å². The molecule has 0 saturated carbocycles. The zero-order valence-corrected chi connectivity index (χ0v) is 22.2. The van der Waals surface area contributed by atoms with E-state index in [1.165, 1.54) is 5.56 Å². The molecule has 0 fully saturated rings. The maximum atomic E-state index is 13.1. The van der Waals surface area contributed by atoms with Crippen LogP contribution >= 0.6 is 0 Å².